The minimum atomic E-state index is 0.195. The summed E-state index contributed by atoms with van der Waals surface area (Å²) in [6, 6.07) is 16.4. The number of carbonyl (C=O) groups excluding carboxylic acids is 1. The Balaban J connectivity index is 2.07. The van der Waals surface area contributed by atoms with Gasteiger partial charge in [0.05, 0.1) is 0 Å². The van der Waals surface area contributed by atoms with Crippen LogP contribution in [0.15, 0.2) is 53.9 Å². The first kappa shape index (κ1) is 12.1. The highest BCUT2D eigenvalue weighted by Gasteiger charge is 2.06. The number of hydrogen-bond donors (Lipinski definition) is 0. The summed E-state index contributed by atoms with van der Waals surface area (Å²) in [5.74, 6) is 0.195. The fourth-order valence-electron chi connectivity index (χ4n) is 2.26. The third kappa shape index (κ3) is 2.20. The van der Waals surface area contributed by atoms with Gasteiger partial charge in [0.15, 0.2) is 5.78 Å². The molecular weight excluding hydrogens is 252 g/mol. The Hall–Kier alpha value is -1.93. The second-order valence-electron chi connectivity index (χ2n) is 4.50. The van der Waals surface area contributed by atoms with Crippen molar-refractivity contribution in [3.05, 3.63) is 59.5 Å². The molecule has 0 radical (unpaired) electrons. The van der Waals surface area contributed by atoms with Gasteiger partial charge in [0.1, 0.15) is 0 Å². The van der Waals surface area contributed by atoms with E-state index in [0.29, 0.717) is 6.42 Å². The van der Waals surface area contributed by atoms with Gasteiger partial charge in [-0.05, 0) is 28.0 Å². The molecule has 19 heavy (non-hydrogen) atoms. The largest absolute Gasteiger partial charge is 0.294 e. The van der Waals surface area contributed by atoms with Crippen molar-refractivity contribution in [2.75, 3.05) is 0 Å². The second-order valence-corrected chi connectivity index (χ2v) is 5.41. The number of rotatable bonds is 3. The molecule has 0 bridgehead atoms. The van der Waals surface area contributed by atoms with Crippen LogP contribution < -0.4 is 0 Å². The lowest BCUT2D eigenvalue weighted by atomic mass is 10.0. The number of benzene rings is 2. The highest BCUT2D eigenvalue weighted by atomic mass is 32.1. The predicted octanol–water partition coefficient (Wildman–Crippen LogP) is 5.16. The van der Waals surface area contributed by atoms with Crippen LogP contribution >= 0.6 is 11.3 Å². The van der Waals surface area contributed by atoms with E-state index in [9.17, 15) is 4.79 Å². The fraction of sp³-hybridized carbons (Fsp3) is 0.118. The average molecular weight is 266 g/mol. The summed E-state index contributed by atoms with van der Waals surface area (Å²) < 4.78 is 1.30. The van der Waals surface area contributed by atoms with Gasteiger partial charge in [-0.15, -0.1) is 11.3 Å². The second kappa shape index (κ2) is 4.98. The van der Waals surface area contributed by atoms with E-state index in [0.717, 1.165) is 5.56 Å². The number of carbonyl (C=O) groups is 1. The van der Waals surface area contributed by atoms with Gasteiger partial charge in [-0.1, -0.05) is 49.4 Å². The topological polar surface area (TPSA) is 17.1 Å². The van der Waals surface area contributed by atoms with E-state index >= 15 is 0 Å². The lowest BCUT2D eigenvalue weighted by Gasteiger charge is -2.05. The van der Waals surface area contributed by atoms with Crippen LogP contribution in [-0.2, 0) is 0 Å². The summed E-state index contributed by atoms with van der Waals surface area (Å²) in [6.45, 7) is 1.89. The Kier molecular flexibility index (Phi) is 3.18. The van der Waals surface area contributed by atoms with Crippen LogP contribution in [0.3, 0.4) is 0 Å². The molecule has 0 amide bonds. The summed E-state index contributed by atoms with van der Waals surface area (Å²) in [6.07, 6.45) is 0.555. The number of fused-ring (bicyclic) bond motifs is 1. The molecule has 3 aromatic rings. The summed E-state index contributed by atoms with van der Waals surface area (Å²) in [5.41, 5.74) is 3.20. The van der Waals surface area contributed by atoms with Crippen molar-refractivity contribution in [3.8, 4) is 11.1 Å². The van der Waals surface area contributed by atoms with E-state index in [1.807, 2.05) is 31.2 Å². The van der Waals surface area contributed by atoms with E-state index in [4.69, 9.17) is 0 Å². The molecule has 1 heterocycles. The van der Waals surface area contributed by atoms with Gasteiger partial charge in [0.25, 0.3) is 0 Å². The first-order chi connectivity index (χ1) is 9.29. The molecule has 3 rings (SSSR count). The van der Waals surface area contributed by atoms with Crippen LogP contribution in [0.2, 0.25) is 0 Å². The minimum absolute atomic E-state index is 0.195. The zero-order valence-electron chi connectivity index (χ0n) is 10.7. The summed E-state index contributed by atoms with van der Waals surface area (Å²) >= 11 is 1.76. The fourth-order valence-corrected chi connectivity index (χ4v) is 3.20. The maximum absolute atomic E-state index is 11.6. The molecule has 2 aromatic carbocycles. The van der Waals surface area contributed by atoms with Crippen molar-refractivity contribution in [1.29, 1.82) is 0 Å². The molecule has 1 aromatic heterocycles. The smallest absolute Gasteiger partial charge is 0.162 e. The molecule has 0 fully saturated rings. The van der Waals surface area contributed by atoms with E-state index in [1.165, 1.54) is 21.2 Å². The van der Waals surface area contributed by atoms with Crippen molar-refractivity contribution in [2.45, 2.75) is 13.3 Å². The molecule has 94 valence electrons. The quantitative estimate of drug-likeness (QED) is 0.598. The van der Waals surface area contributed by atoms with Crippen molar-refractivity contribution >= 4 is 27.2 Å². The maximum atomic E-state index is 11.6. The molecule has 0 atom stereocenters. The van der Waals surface area contributed by atoms with Gasteiger partial charge in [0.2, 0.25) is 0 Å². The zero-order chi connectivity index (χ0) is 13.2. The van der Waals surface area contributed by atoms with Crippen molar-refractivity contribution in [2.24, 2.45) is 0 Å². The molecule has 1 nitrogen and oxygen atoms in total. The third-order valence-electron chi connectivity index (χ3n) is 3.32. The molecule has 0 aliphatic heterocycles. The number of Topliss-reactive ketones (excluding diaryl/α,β-unsaturated/α-hetero) is 1. The summed E-state index contributed by atoms with van der Waals surface area (Å²) in [5, 5.41) is 3.39. The summed E-state index contributed by atoms with van der Waals surface area (Å²) in [7, 11) is 0. The van der Waals surface area contributed by atoms with Gasteiger partial charge in [-0.3, -0.25) is 4.79 Å². The van der Waals surface area contributed by atoms with Crippen LogP contribution in [0.1, 0.15) is 23.7 Å². The molecular formula is C17H14OS. The van der Waals surface area contributed by atoms with E-state index in [2.05, 4.69) is 29.6 Å². The predicted molar refractivity (Wildman–Crippen MR) is 81.9 cm³/mol. The van der Waals surface area contributed by atoms with Crippen LogP contribution in [0.25, 0.3) is 21.2 Å². The Labute approximate surface area is 116 Å². The Morgan fingerprint density at radius 1 is 1.05 bits per heavy atom. The molecule has 0 aliphatic rings. The van der Waals surface area contributed by atoms with Gasteiger partial charge in [0, 0.05) is 16.7 Å². The number of ketones is 1. The highest BCUT2D eigenvalue weighted by Crippen LogP contribution is 2.32. The highest BCUT2D eigenvalue weighted by molar-refractivity contribution is 7.17. The van der Waals surface area contributed by atoms with Crippen molar-refractivity contribution in [1.82, 2.24) is 0 Å². The van der Waals surface area contributed by atoms with Crippen LogP contribution in [0, 0.1) is 0 Å². The standard InChI is InChI=1S/C17H14OS/c1-2-16(18)13-8-6-12(7-9-13)15-5-3-4-14-10-11-19-17(14)15/h3-11H,2H2,1H3. The van der Waals surface area contributed by atoms with Gasteiger partial charge >= 0.3 is 0 Å². The van der Waals surface area contributed by atoms with E-state index < -0.39 is 0 Å². The van der Waals surface area contributed by atoms with Crippen LogP contribution in [-0.4, -0.2) is 5.78 Å². The first-order valence-corrected chi connectivity index (χ1v) is 7.27. The monoisotopic (exact) mass is 266 g/mol. The average Bonchev–Trinajstić information content (AvgIpc) is 2.95. The van der Waals surface area contributed by atoms with Crippen molar-refractivity contribution in [3.63, 3.8) is 0 Å². The lowest BCUT2D eigenvalue weighted by molar-refractivity contribution is 0.0988. The van der Waals surface area contributed by atoms with Crippen LogP contribution in [0.5, 0.6) is 0 Å². The molecule has 0 N–H and O–H groups in total. The minimum Gasteiger partial charge on any atom is -0.294 e. The lowest BCUT2D eigenvalue weighted by Crippen LogP contribution is -1.95. The Morgan fingerprint density at radius 2 is 1.84 bits per heavy atom. The molecule has 0 saturated carbocycles. The Morgan fingerprint density at radius 3 is 2.58 bits per heavy atom. The molecule has 2 heteroatoms. The SMILES string of the molecule is CCC(=O)c1ccc(-c2cccc3ccsc23)cc1. The first-order valence-electron chi connectivity index (χ1n) is 6.39. The molecule has 0 spiro atoms. The zero-order valence-corrected chi connectivity index (χ0v) is 11.5. The normalized spacial score (nSPS) is 10.8. The maximum Gasteiger partial charge on any atom is 0.162 e. The molecule has 0 saturated heterocycles. The molecule has 0 aliphatic carbocycles. The van der Waals surface area contributed by atoms with Gasteiger partial charge in [-0.2, -0.15) is 0 Å². The van der Waals surface area contributed by atoms with Crippen LogP contribution in [0.4, 0.5) is 0 Å². The number of hydrogen-bond acceptors (Lipinski definition) is 2. The number of thiophene rings is 1. The van der Waals surface area contributed by atoms with Gasteiger partial charge < -0.3 is 0 Å². The third-order valence-corrected chi connectivity index (χ3v) is 4.28. The summed E-state index contributed by atoms with van der Waals surface area (Å²) in [4.78, 5) is 11.6. The van der Waals surface area contributed by atoms with Crippen molar-refractivity contribution < 1.29 is 4.79 Å². The van der Waals surface area contributed by atoms with Gasteiger partial charge in [-0.25, -0.2) is 0 Å². The van der Waals surface area contributed by atoms with E-state index in [-0.39, 0.29) is 5.78 Å². The van der Waals surface area contributed by atoms with E-state index in [1.54, 1.807) is 11.3 Å². The molecule has 0 unspecified atom stereocenters. The Bertz CT molecular complexity index is 722.